The minimum Gasteiger partial charge on any atom is -0.497 e. The molecule has 12 nitrogen and oxygen atoms in total. The van der Waals surface area contributed by atoms with Gasteiger partial charge in [-0.15, -0.1) is 0 Å². The second kappa shape index (κ2) is 31.1. The van der Waals surface area contributed by atoms with Crippen LogP contribution in [0.15, 0.2) is 165 Å². The molecule has 2 fully saturated rings. The third-order valence-corrected chi connectivity index (χ3v) is 15.3. The summed E-state index contributed by atoms with van der Waals surface area (Å²) in [6.45, 7) is 45.3. The first-order valence-corrected chi connectivity index (χ1v) is 29.1. The van der Waals surface area contributed by atoms with Gasteiger partial charge in [0, 0.05) is 74.7 Å². The molecule has 0 aliphatic carbocycles. The fourth-order valence-corrected chi connectivity index (χ4v) is 10.8. The Balaban J connectivity index is 1.07. The van der Waals surface area contributed by atoms with Crippen molar-refractivity contribution in [2.45, 2.75) is 152 Å². The number of hydrogen-bond acceptors (Lipinski definition) is 11. The number of nitrogens with zero attached hydrogens (tertiary/aromatic N) is 5. The van der Waals surface area contributed by atoms with E-state index in [1.54, 1.807) is 18.9 Å². The molecule has 3 aliphatic heterocycles. The molecule has 436 valence electrons. The molecule has 2 saturated heterocycles. The Morgan fingerprint density at radius 1 is 0.914 bits per heavy atom. The van der Waals surface area contributed by atoms with Gasteiger partial charge in [-0.1, -0.05) is 93.8 Å². The molecule has 0 spiro atoms. The number of aliphatic imine (C=N–C) groups is 2. The molecule has 1 N–H and O–H groups in total. The van der Waals surface area contributed by atoms with E-state index in [0.717, 1.165) is 127 Å². The fourth-order valence-electron chi connectivity index (χ4n) is 10.8. The molecule has 1 atom stereocenters. The summed E-state index contributed by atoms with van der Waals surface area (Å²) in [4.78, 5) is 54.8. The van der Waals surface area contributed by atoms with Crippen LogP contribution in [0.5, 0.6) is 5.75 Å². The number of anilines is 1. The number of ketones is 2. The molecular weight excluding hydrogens is 1010 g/mol. The second-order valence-corrected chi connectivity index (χ2v) is 23.0. The summed E-state index contributed by atoms with van der Waals surface area (Å²) < 4.78 is 16.8. The molecule has 0 radical (unpaired) electrons. The van der Waals surface area contributed by atoms with Crippen molar-refractivity contribution in [2.24, 2.45) is 21.8 Å². The Hall–Kier alpha value is -7.21. The second-order valence-electron chi connectivity index (χ2n) is 23.0. The number of aryl methyl sites for hydroxylation is 1. The number of Topliss-reactive ketones (excluding diaryl/α,β-unsaturated/α-hetero) is 2. The van der Waals surface area contributed by atoms with E-state index in [1.807, 2.05) is 84.3 Å². The van der Waals surface area contributed by atoms with Crippen LogP contribution in [0.25, 0.3) is 6.08 Å². The molecule has 2 aromatic carbocycles. The number of hydrogen-bond donors (Lipinski definition) is 1. The number of rotatable bonds is 27. The van der Waals surface area contributed by atoms with Crippen LogP contribution in [0, 0.1) is 18.8 Å². The van der Waals surface area contributed by atoms with Crippen molar-refractivity contribution in [2.75, 3.05) is 51.3 Å². The van der Waals surface area contributed by atoms with Crippen LogP contribution in [-0.2, 0) is 25.5 Å². The minimum atomic E-state index is -0.627. The number of carbonyl (C=O) groups excluding carboxylic acids is 3. The first kappa shape index (κ1) is 64.6. The van der Waals surface area contributed by atoms with E-state index in [4.69, 9.17) is 24.2 Å². The highest BCUT2D eigenvalue weighted by molar-refractivity contribution is 5.95. The number of amides is 1. The summed E-state index contributed by atoms with van der Waals surface area (Å²) >= 11 is 0. The smallest absolute Gasteiger partial charge is 0.415 e. The van der Waals surface area contributed by atoms with Crippen molar-refractivity contribution in [1.29, 1.82) is 0 Å². The van der Waals surface area contributed by atoms with Gasteiger partial charge in [0.05, 0.1) is 31.3 Å². The van der Waals surface area contributed by atoms with Gasteiger partial charge in [-0.25, -0.2) is 9.79 Å². The Labute approximate surface area is 486 Å². The number of piperidine rings is 1. The largest absolute Gasteiger partial charge is 0.497 e. The topological polar surface area (TPSA) is 125 Å². The molecule has 1 amide bonds. The maximum absolute atomic E-state index is 13.3. The summed E-state index contributed by atoms with van der Waals surface area (Å²) in [6.07, 6.45) is 19.1. The number of carbonyl (C=O) groups is 3. The van der Waals surface area contributed by atoms with Crippen molar-refractivity contribution in [3.8, 4) is 5.75 Å². The number of morpholine rings is 1. The molecule has 0 saturated carbocycles. The van der Waals surface area contributed by atoms with Gasteiger partial charge in [0.2, 0.25) is 0 Å². The van der Waals surface area contributed by atoms with Crippen LogP contribution < -0.4 is 15.0 Å². The third-order valence-electron chi connectivity index (χ3n) is 15.3. The molecule has 3 heterocycles. The Morgan fingerprint density at radius 3 is 2.25 bits per heavy atom. The van der Waals surface area contributed by atoms with E-state index in [0.29, 0.717) is 74.1 Å². The number of nitrogens with one attached hydrogen (secondary N) is 1. The molecule has 5 rings (SSSR count). The SMILES string of the molecule is C=C(CCC(CCC)C(=C)N=C/C(=C\C)NC(=C)/N=C\C1=C(C)CN(C(=C/C)/C(C)=C2\C(=C)OCCN2C(=O)OC(C)(C)C)CC1)CC1CCN(c2ccc(/C=C(\CCC(=O)C(=C)Cc3ccc(OC)cc3)CC(C)=O)c(C)c2)CC1. The summed E-state index contributed by atoms with van der Waals surface area (Å²) in [7, 11) is 1.63. The summed E-state index contributed by atoms with van der Waals surface area (Å²) in [5.74, 6) is 2.71. The molecule has 0 aromatic heterocycles. The van der Waals surface area contributed by atoms with Gasteiger partial charge in [-0.3, -0.25) is 19.5 Å². The van der Waals surface area contributed by atoms with Gasteiger partial charge in [0.1, 0.15) is 35.3 Å². The number of allylic oxidation sites excluding steroid dienone is 8. The van der Waals surface area contributed by atoms with Gasteiger partial charge >= 0.3 is 6.09 Å². The molecule has 0 bridgehead atoms. The molecule has 2 aromatic rings. The highest BCUT2D eigenvalue weighted by Gasteiger charge is 2.33. The van der Waals surface area contributed by atoms with Crippen LogP contribution >= 0.6 is 0 Å². The monoisotopic (exact) mass is 1100 g/mol. The van der Waals surface area contributed by atoms with Crippen molar-refractivity contribution < 1.29 is 28.6 Å². The molecule has 1 unspecified atom stereocenters. The lowest BCUT2D eigenvalue weighted by molar-refractivity contribution is -0.117. The predicted octanol–water partition coefficient (Wildman–Crippen LogP) is 15.5. The minimum absolute atomic E-state index is 0.0183. The van der Waals surface area contributed by atoms with E-state index in [-0.39, 0.29) is 17.5 Å². The maximum Gasteiger partial charge on any atom is 0.415 e. The Kier molecular flexibility index (Phi) is 24.8. The lowest BCUT2D eigenvalue weighted by Crippen LogP contribution is -2.42. The average Bonchev–Trinajstić information content (AvgIpc) is 3.43. The van der Waals surface area contributed by atoms with Crippen LogP contribution in [0.1, 0.15) is 150 Å². The van der Waals surface area contributed by atoms with Crippen molar-refractivity contribution >= 4 is 41.9 Å². The number of methoxy groups -OCH3 is 1. The lowest BCUT2D eigenvalue weighted by atomic mass is 9.86. The molecular formula is C69H94N6O6. The van der Waals surface area contributed by atoms with Gasteiger partial charge in [-0.05, 0) is 183 Å². The maximum atomic E-state index is 13.3. The Bertz CT molecular complexity index is 2860. The van der Waals surface area contributed by atoms with Crippen LogP contribution in [0.4, 0.5) is 10.5 Å². The van der Waals surface area contributed by atoms with E-state index >= 15 is 0 Å². The highest BCUT2D eigenvalue weighted by Crippen LogP contribution is 2.34. The summed E-state index contributed by atoms with van der Waals surface area (Å²) in [6, 6.07) is 14.3. The zero-order valence-electron chi connectivity index (χ0n) is 51.0. The number of benzene rings is 2. The van der Waals surface area contributed by atoms with Crippen molar-refractivity contribution in [1.82, 2.24) is 15.1 Å². The van der Waals surface area contributed by atoms with E-state index < -0.39 is 11.7 Å². The zero-order chi connectivity index (χ0) is 59.4. The molecule has 12 heteroatoms. The van der Waals surface area contributed by atoms with Crippen molar-refractivity contribution in [3.63, 3.8) is 0 Å². The quantitative estimate of drug-likeness (QED) is 0.0529. The van der Waals surface area contributed by atoms with Crippen LogP contribution in [0.2, 0.25) is 0 Å². The van der Waals surface area contributed by atoms with Crippen LogP contribution in [-0.4, -0.2) is 91.9 Å². The average molecular weight is 1100 g/mol. The Morgan fingerprint density at radius 2 is 1.63 bits per heavy atom. The predicted molar refractivity (Wildman–Crippen MR) is 336 cm³/mol. The lowest BCUT2D eigenvalue weighted by Gasteiger charge is -2.37. The van der Waals surface area contributed by atoms with Gasteiger partial charge in [0.15, 0.2) is 5.78 Å². The van der Waals surface area contributed by atoms with E-state index in [2.05, 4.69) is 99.1 Å². The van der Waals surface area contributed by atoms with Crippen molar-refractivity contribution in [3.05, 3.63) is 172 Å². The standard InChI is InChI=1S/C69H94N6O6/c1-17-20-59(53(10)70-45-62(18-2)72-55(12)71-44-61-33-36-74(46-50(61)7)65(19-3)52(9)67-54(11)80-38-37-75(67)68(78)81-69(13,14)15)25-21-47(4)39-57-31-34-73(35-32-57)63-27-26-60(48(5)41-63)43-58(42-51(8)76)24-30-66(77)49(6)40-56-22-28-64(79-16)29-23-56/h18-19,22-23,26-29,41,43-45,57,59,72H,4,6,10-12,17,20-21,24-25,30-40,42,46H2,1-3,5,7-9,13-16H3/b58-43+,62-18+,65-19+,67-52+,70-45?,71-44-. The van der Waals surface area contributed by atoms with Gasteiger partial charge in [0.25, 0.3) is 0 Å². The first-order chi connectivity index (χ1) is 38.5. The van der Waals surface area contributed by atoms with E-state index in [1.165, 1.54) is 16.8 Å². The zero-order valence-corrected chi connectivity index (χ0v) is 51.0. The molecule has 81 heavy (non-hydrogen) atoms. The normalized spacial score (nSPS) is 17.1. The number of ether oxygens (including phenoxy) is 3. The van der Waals surface area contributed by atoms with Gasteiger partial charge < -0.3 is 29.3 Å². The van der Waals surface area contributed by atoms with Gasteiger partial charge in [-0.2, -0.15) is 0 Å². The summed E-state index contributed by atoms with van der Waals surface area (Å²) in [5, 5.41) is 3.33. The highest BCUT2D eigenvalue weighted by atomic mass is 16.6. The first-order valence-electron chi connectivity index (χ1n) is 29.1. The molecule has 3 aliphatic rings. The fraction of sp³-hybridized carbons (Fsp3) is 0.464. The third kappa shape index (κ3) is 20.1. The van der Waals surface area contributed by atoms with E-state index in [9.17, 15) is 14.4 Å². The van der Waals surface area contributed by atoms with Crippen LogP contribution in [0.3, 0.4) is 0 Å². The summed E-state index contributed by atoms with van der Waals surface area (Å²) in [5.41, 5.74) is 13.2.